The van der Waals surface area contributed by atoms with Gasteiger partial charge < -0.3 is 9.80 Å². The molecule has 144 valence electrons. The summed E-state index contributed by atoms with van der Waals surface area (Å²) < 4.78 is 0. The molecule has 6 heteroatoms. The number of carbonyl (C=O) groups excluding carboxylic acids is 1. The summed E-state index contributed by atoms with van der Waals surface area (Å²) in [6, 6.07) is 9.11. The predicted molar refractivity (Wildman–Crippen MR) is 111 cm³/mol. The summed E-state index contributed by atoms with van der Waals surface area (Å²) in [5.74, 6) is 0.0996. The van der Waals surface area contributed by atoms with Gasteiger partial charge in [0.1, 0.15) is 5.69 Å². The number of piperazine rings is 1. The molecule has 5 nitrogen and oxygen atoms in total. The minimum absolute atomic E-state index is 0.0996. The second kappa shape index (κ2) is 7.98. The smallest absolute Gasteiger partial charge is 0.273 e. The van der Waals surface area contributed by atoms with Gasteiger partial charge in [-0.3, -0.25) is 9.69 Å². The highest BCUT2D eigenvalue weighted by atomic mass is 32.1. The van der Waals surface area contributed by atoms with E-state index in [-0.39, 0.29) is 5.91 Å². The van der Waals surface area contributed by atoms with Gasteiger partial charge in [-0.15, -0.1) is 11.3 Å². The van der Waals surface area contributed by atoms with Crippen molar-refractivity contribution in [2.45, 2.75) is 32.7 Å². The third-order valence-electron chi connectivity index (χ3n) is 5.81. The summed E-state index contributed by atoms with van der Waals surface area (Å²) in [7, 11) is 0. The molecule has 2 aliphatic rings. The first-order chi connectivity index (χ1) is 13.1. The summed E-state index contributed by atoms with van der Waals surface area (Å²) in [6.45, 7) is 10.1. The van der Waals surface area contributed by atoms with E-state index in [1.54, 1.807) is 11.3 Å². The number of nitrogens with zero attached hydrogens (tertiary/aromatic N) is 4. The average Bonchev–Trinajstić information content (AvgIpc) is 3.14. The number of hydrogen-bond donors (Lipinski definition) is 0. The number of carbonyl (C=O) groups is 1. The zero-order valence-electron chi connectivity index (χ0n) is 16.2. The highest BCUT2D eigenvalue weighted by Crippen LogP contribution is 2.24. The highest BCUT2D eigenvalue weighted by Gasteiger charge is 2.31. The Morgan fingerprint density at radius 3 is 2.59 bits per heavy atom. The van der Waals surface area contributed by atoms with E-state index in [0.29, 0.717) is 11.7 Å². The lowest BCUT2D eigenvalue weighted by Crippen LogP contribution is -2.56. The van der Waals surface area contributed by atoms with Crippen LogP contribution in [0.1, 0.15) is 33.9 Å². The molecule has 2 saturated heterocycles. The van der Waals surface area contributed by atoms with Crippen LogP contribution in [0.3, 0.4) is 0 Å². The Hall–Kier alpha value is -1.92. The van der Waals surface area contributed by atoms with Crippen LogP contribution < -0.4 is 4.90 Å². The van der Waals surface area contributed by atoms with Crippen molar-refractivity contribution in [3.63, 3.8) is 0 Å². The van der Waals surface area contributed by atoms with Gasteiger partial charge in [0.25, 0.3) is 5.91 Å². The fraction of sp³-hybridized carbons (Fsp3) is 0.524. The maximum absolute atomic E-state index is 12.8. The van der Waals surface area contributed by atoms with E-state index in [1.807, 2.05) is 17.2 Å². The first kappa shape index (κ1) is 18.4. The van der Waals surface area contributed by atoms with Crippen LogP contribution in [0.15, 0.2) is 29.6 Å². The van der Waals surface area contributed by atoms with Crippen molar-refractivity contribution in [1.82, 2.24) is 14.8 Å². The fourth-order valence-corrected chi connectivity index (χ4v) is 4.89. The molecular formula is C21H28N4OS. The average molecular weight is 385 g/mol. The topological polar surface area (TPSA) is 39.7 Å². The number of benzene rings is 1. The number of thiazole rings is 1. The molecule has 0 aliphatic carbocycles. The molecular weight excluding hydrogens is 356 g/mol. The summed E-state index contributed by atoms with van der Waals surface area (Å²) in [6.07, 6.45) is 2.27. The standard InChI is InChI=1S/C21H28N4OS/c1-16-6-3-4-8-20(16)24-12-10-23(11-13-24)18-7-5-9-25(14-18)21(26)19-15-27-17(2)22-19/h3-4,6,8,15,18H,5,7,9-14H2,1-2H3/t18-/m0/s1. The predicted octanol–water partition coefficient (Wildman–Crippen LogP) is 3.19. The van der Waals surface area contributed by atoms with Crippen molar-refractivity contribution >= 4 is 22.9 Å². The Balaban J connectivity index is 1.36. The molecule has 27 heavy (non-hydrogen) atoms. The molecule has 0 N–H and O–H groups in total. The number of hydrogen-bond acceptors (Lipinski definition) is 5. The normalized spacial score (nSPS) is 21.5. The number of para-hydroxylation sites is 1. The lowest BCUT2D eigenvalue weighted by Gasteiger charge is -2.44. The molecule has 4 rings (SSSR count). The van der Waals surface area contributed by atoms with Gasteiger partial charge in [0, 0.05) is 56.4 Å². The van der Waals surface area contributed by atoms with Gasteiger partial charge in [-0.2, -0.15) is 0 Å². The summed E-state index contributed by atoms with van der Waals surface area (Å²) in [5, 5.41) is 2.85. The van der Waals surface area contributed by atoms with Gasteiger partial charge >= 0.3 is 0 Å². The largest absolute Gasteiger partial charge is 0.369 e. The van der Waals surface area contributed by atoms with Crippen LogP contribution in [0.4, 0.5) is 5.69 Å². The molecule has 0 radical (unpaired) electrons. The molecule has 2 fully saturated rings. The molecule has 0 spiro atoms. The van der Waals surface area contributed by atoms with Crippen LogP contribution >= 0.6 is 11.3 Å². The van der Waals surface area contributed by atoms with Gasteiger partial charge in [0.2, 0.25) is 0 Å². The van der Waals surface area contributed by atoms with Crippen LogP contribution in [-0.4, -0.2) is 66.0 Å². The number of amides is 1. The van der Waals surface area contributed by atoms with E-state index in [2.05, 4.69) is 46.0 Å². The molecule has 1 aromatic heterocycles. The molecule has 1 aromatic carbocycles. The van der Waals surface area contributed by atoms with Crippen molar-refractivity contribution in [2.24, 2.45) is 0 Å². The number of aromatic nitrogens is 1. The van der Waals surface area contributed by atoms with Crippen LogP contribution in [0.25, 0.3) is 0 Å². The maximum atomic E-state index is 12.8. The third kappa shape index (κ3) is 4.01. The Morgan fingerprint density at radius 2 is 1.89 bits per heavy atom. The lowest BCUT2D eigenvalue weighted by atomic mass is 10.0. The molecule has 1 amide bonds. The molecule has 0 bridgehead atoms. The summed E-state index contributed by atoms with van der Waals surface area (Å²) >= 11 is 1.55. The highest BCUT2D eigenvalue weighted by molar-refractivity contribution is 7.09. The van der Waals surface area contributed by atoms with Crippen molar-refractivity contribution in [3.05, 3.63) is 45.9 Å². The maximum Gasteiger partial charge on any atom is 0.273 e. The lowest BCUT2D eigenvalue weighted by molar-refractivity contribution is 0.0559. The minimum Gasteiger partial charge on any atom is -0.369 e. The molecule has 3 heterocycles. The Bertz CT molecular complexity index is 797. The summed E-state index contributed by atoms with van der Waals surface area (Å²) in [5.41, 5.74) is 3.32. The van der Waals surface area contributed by atoms with Crippen LogP contribution in [0.2, 0.25) is 0 Å². The zero-order chi connectivity index (χ0) is 18.8. The first-order valence-electron chi connectivity index (χ1n) is 9.88. The minimum atomic E-state index is 0.0996. The quantitative estimate of drug-likeness (QED) is 0.815. The van der Waals surface area contributed by atoms with E-state index in [0.717, 1.165) is 50.7 Å². The van der Waals surface area contributed by atoms with E-state index in [1.165, 1.54) is 17.7 Å². The Kier molecular flexibility index (Phi) is 5.45. The van der Waals surface area contributed by atoms with Crippen LogP contribution in [0, 0.1) is 13.8 Å². The van der Waals surface area contributed by atoms with E-state index >= 15 is 0 Å². The molecule has 0 unspecified atom stereocenters. The number of piperidine rings is 1. The second-order valence-corrected chi connectivity index (χ2v) is 8.67. The van der Waals surface area contributed by atoms with Crippen molar-refractivity contribution < 1.29 is 4.79 Å². The number of aryl methyl sites for hydroxylation is 2. The zero-order valence-corrected chi connectivity index (χ0v) is 17.0. The monoisotopic (exact) mass is 384 g/mol. The SMILES string of the molecule is Cc1nc(C(=O)N2CCC[C@H](N3CCN(c4ccccc4C)CC3)C2)cs1. The van der Waals surface area contributed by atoms with Crippen molar-refractivity contribution in [1.29, 1.82) is 0 Å². The van der Waals surface area contributed by atoms with E-state index in [9.17, 15) is 4.79 Å². The number of anilines is 1. The molecule has 0 saturated carbocycles. The van der Waals surface area contributed by atoms with E-state index < -0.39 is 0 Å². The molecule has 2 aliphatic heterocycles. The Labute approximate surface area is 165 Å². The van der Waals surface area contributed by atoms with Crippen LogP contribution in [-0.2, 0) is 0 Å². The first-order valence-corrected chi connectivity index (χ1v) is 10.8. The van der Waals surface area contributed by atoms with Gasteiger partial charge in [0.05, 0.1) is 5.01 Å². The second-order valence-electron chi connectivity index (χ2n) is 7.61. The van der Waals surface area contributed by atoms with Crippen molar-refractivity contribution in [3.8, 4) is 0 Å². The summed E-state index contributed by atoms with van der Waals surface area (Å²) in [4.78, 5) is 24.2. The van der Waals surface area contributed by atoms with E-state index in [4.69, 9.17) is 0 Å². The molecule has 1 atom stereocenters. The van der Waals surface area contributed by atoms with Gasteiger partial charge in [0.15, 0.2) is 0 Å². The Morgan fingerprint density at radius 1 is 1.11 bits per heavy atom. The van der Waals surface area contributed by atoms with Gasteiger partial charge in [-0.25, -0.2) is 4.98 Å². The third-order valence-corrected chi connectivity index (χ3v) is 6.58. The fourth-order valence-electron chi connectivity index (χ4n) is 4.31. The van der Waals surface area contributed by atoms with Crippen LogP contribution in [0.5, 0.6) is 0 Å². The molecule has 2 aromatic rings. The van der Waals surface area contributed by atoms with Crippen molar-refractivity contribution in [2.75, 3.05) is 44.2 Å². The number of rotatable bonds is 3. The van der Waals surface area contributed by atoms with Gasteiger partial charge in [-0.05, 0) is 38.3 Å². The number of likely N-dealkylation sites (tertiary alicyclic amines) is 1. The van der Waals surface area contributed by atoms with Gasteiger partial charge in [-0.1, -0.05) is 18.2 Å².